The van der Waals surface area contributed by atoms with Crippen LogP contribution >= 0.6 is 0 Å². The molecule has 5 heteroatoms. The van der Waals surface area contributed by atoms with Crippen LogP contribution in [-0.4, -0.2) is 20.8 Å². The molecule has 0 saturated heterocycles. The van der Waals surface area contributed by atoms with Gasteiger partial charge in [-0.1, -0.05) is 27.7 Å². The predicted molar refractivity (Wildman–Crippen MR) is 78.4 cm³/mol. The maximum atomic E-state index is 5.69. The summed E-state index contributed by atoms with van der Waals surface area (Å²) in [6.07, 6.45) is 4.71. The number of hydrogen-bond donors (Lipinski definition) is 2. The first-order chi connectivity index (χ1) is 8.85. The van der Waals surface area contributed by atoms with E-state index in [2.05, 4.69) is 50.1 Å². The number of nitrogens with zero attached hydrogens (tertiary/aromatic N) is 3. The molecule has 0 aliphatic carbocycles. The van der Waals surface area contributed by atoms with E-state index in [0.717, 1.165) is 25.2 Å². The van der Waals surface area contributed by atoms with Crippen molar-refractivity contribution in [1.29, 1.82) is 0 Å². The molecule has 0 aromatic carbocycles. The van der Waals surface area contributed by atoms with E-state index in [4.69, 9.17) is 5.84 Å². The van der Waals surface area contributed by atoms with Crippen molar-refractivity contribution in [3.05, 3.63) is 12.2 Å². The molecule has 0 fully saturated rings. The maximum Gasteiger partial charge on any atom is 0.138 e. The molecular formula is C14H29N5. The Balaban J connectivity index is 2.54. The van der Waals surface area contributed by atoms with Crippen LogP contribution in [0.4, 0.5) is 0 Å². The Morgan fingerprint density at radius 1 is 1.42 bits per heavy atom. The van der Waals surface area contributed by atoms with E-state index in [0.29, 0.717) is 11.3 Å². The molecule has 0 spiro atoms. The van der Waals surface area contributed by atoms with Gasteiger partial charge in [0.05, 0.1) is 0 Å². The van der Waals surface area contributed by atoms with Crippen LogP contribution in [0.1, 0.15) is 53.3 Å². The third-order valence-corrected chi connectivity index (χ3v) is 3.31. The van der Waals surface area contributed by atoms with Gasteiger partial charge in [-0.3, -0.25) is 16.0 Å². The number of nitrogens with two attached hydrogens (primary N) is 1. The highest BCUT2D eigenvalue weighted by atomic mass is 15.3. The minimum absolute atomic E-state index is 0.256. The van der Waals surface area contributed by atoms with Crippen LogP contribution in [-0.2, 0) is 13.0 Å². The molecule has 19 heavy (non-hydrogen) atoms. The standard InChI is InChI=1S/C14H29N5/c1-6-19-13(16-10-17-19)8-12(18-15)7-11(2)9-14(3,4)5/h10-12,18H,6-9,15H2,1-5H3. The molecule has 2 unspecified atom stereocenters. The zero-order valence-electron chi connectivity index (χ0n) is 13.0. The van der Waals surface area contributed by atoms with Crippen molar-refractivity contribution in [2.45, 2.75) is 66.5 Å². The summed E-state index contributed by atoms with van der Waals surface area (Å²) < 4.78 is 1.93. The Morgan fingerprint density at radius 2 is 2.11 bits per heavy atom. The predicted octanol–water partition coefficient (Wildman–Crippen LogP) is 2.13. The normalized spacial score (nSPS) is 15.5. The lowest BCUT2D eigenvalue weighted by atomic mass is 9.82. The first kappa shape index (κ1) is 16.1. The number of hydrogen-bond acceptors (Lipinski definition) is 4. The average Bonchev–Trinajstić information content (AvgIpc) is 2.72. The van der Waals surface area contributed by atoms with Gasteiger partial charge in [0.2, 0.25) is 0 Å². The van der Waals surface area contributed by atoms with E-state index in [1.165, 1.54) is 6.42 Å². The summed E-state index contributed by atoms with van der Waals surface area (Å²) in [7, 11) is 0. The summed E-state index contributed by atoms with van der Waals surface area (Å²) in [5.74, 6) is 7.33. The lowest BCUT2D eigenvalue weighted by Crippen LogP contribution is -2.39. The smallest absolute Gasteiger partial charge is 0.138 e. The van der Waals surface area contributed by atoms with Gasteiger partial charge in [0.1, 0.15) is 12.2 Å². The molecule has 0 aliphatic heterocycles. The second kappa shape index (κ2) is 7.01. The second-order valence-electron chi connectivity index (χ2n) is 6.67. The highest BCUT2D eigenvalue weighted by Crippen LogP contribution is 2.27. The molecule has 110 valence electrons. The first-order valence-corrected chi connectivity index (χ1v) is 7.18. The first-order valence-electron chi connectivity index (χ1n) is 7.18. The Kier molecular flexibility index (Phi) is 5.94. The van der Waals surface area contributed by atoms with Gasteiger partial charge in [-0.15, -0.1) is 0 Å². The summed E-state index contributed by atoms with van der Waals surface area (Å²) >= 11 is 0. The van der Waals surface area contributed by atoms with Gasteiger partial charge in [0.15, 0.2) is 0 Å². The van der Waals surface area contributed by atoms with Gasteiger partial charge in [-0.05, 0) is 31.1 Å². The van der Waals surface area contributed by atoms with Gasteiger partial charge < -0.3 is 0 Å². The van der Waals surface area contributed by atoms with Gasteiger partial charge in [-0.2, -0.15) is 5.10 Å². The van der Waals surface area contributed by atoms with Gasteiger partial charge in [0, 0.05) is 19.0 Å². The van der Waals surface area contributed by atoms with Crippen LogP contribution in [0, 0.1) is 11.3 Å². The summed E-state index contributed by atoms with van der Waals surface area (Å²) in [4.78, 5) is 4.31. The van der Waals surface area contributed by atoms with Crippen molar-refractivity contribution >= 4 is 0 Å². The molecule has 3 N–H and O–H groups in total. The second-order valence-corrected chi connectivity index (χ2v) is 6.67. The van der Waals surface area contributed by atoms with Crippen molar-refractivity contribution < 1.29 is 0 Å². The number of nitrogens with one attached hydrogen (secondary N) is 1. The van der Waals surface area contributed by atoms with E-state index in [9.17, 15) is 0 Å². The van der Waals surface area contributed by atoms with E-state index < -0.39 is 0 Å². The molecule has 2 atom stereocenters. The monoisotopic (exact) mass is 267 g/mol. The molecular weight excluding hydrogens is 238 g/mol. The van der Waals surface area contributed by atoms with Crippen molar-refractivity contribution in [3.8, 4) is 0 Å². The maximum absolute atomic E-state index is 5.69. The van der Waals surface area contributed by atoms with E-state index in [1.807, 2.05) is 4.68 Å². The summed E-state index contributed by atoms with van der Waals surface area (Å²) in [6.45, 7) is 12.1. The number of aryl methyl sites for hydroxylation is 1. The van der Waals surface area contributed by atoms with Crippen molar-refractivity contribution in [1.82, 2.24) is 20.2 Å². The third kappa shape index (κ3) is 5.70. The van der Waals surface area contributed by atoms with Gasteiger partial charge >= 0.3 is 0 Å². The molecule has 0 amide bonds. The topological polar surface area (TPSA) is 68.8 Å². The largest absolute Gasteiger partial charge is 0.271 e. The van der Waals surface area contributed by atoms with E-state index >= 15 is 0 Å². The quantitative estimate of drug-likeness (QED) is 0.586. The van der Waals surface area contributed by atoms with E-state index in [1.54, 1.807) is 6.33 Å². The molecule has 0 aliphatic rings. The molecule has 1 aromatic heterocycles. The van der Waals surface area contributed by atoms with Gasteiger partial charge in [-0.25, -0.2) is 4.98 Å². The number of hydrazine groups is 1. The summed E-state index contributed by atoms with van der Waals surface area (Å²) in [5, 5.41) is 4.20. The SMILES string of the molecule is CCn1ncnc1CC(CC(C)CC(C)(C)C)NN. The van der Waals surface area contributed by atoms with Crippen LogP contribution in [0.15, 0.2) is 6.33 Å². The average molecular weight is 267 g/mol. The number of aromatic nitrogens is 3. The summed E-state index contributed by atoms with van der Waals surface area (Å²) in [5.41, 5.74) is 3.29. The highest BCUT2D eigenvalue weighted by Gasteiger charge is 2.20. The molecule has 1 heterocycles. The minimum atomic E-state index is 0.256. The summed E-state index contributed by atoms with van der Waals surface area (Å²) in [6, 6.07) is 0.256. The highest BCUT2D eigenvalue weighted by molar-refractivity contribution is 4.90. The lowest BCUT2D eigenvalue weighted by Gasteiger charge is -2.26. The zero-order chi connectivity index (χ0) is 14.5. The Bertz CT molecular complexity index is 366. The van der Waals surface area contributed by atoms with Gasteiger partial charge in [0.25, 0.3) is 0 Å². The van der Waals surface area contributed by atoms with Crippen LogP contribution in [0.5, 0.6) is 0 Å². The lowest BCUT2D eigenvalue weighted by molar-refractivity contribution is 0.273. The minimum Gasteiger partial charge on any atom is -0.271 e. The molecule has 0 bridgehead atoms. The van der Waals surface area contributed by atoms with Crippen LogP contribution in [0.25, 0.3) is 0 Å². The Hall–Kier alpha value is -0.940. The van der Waals surface area contributed by atoms with Crippen molar-refractivity contribution in [2.75, 3.05) is 0 Å². The Labute approximate surface area is 116 Å². The number of rotatable bonds is 7. The zero-order valence-corrected chi connectivity index (χ0v) is 13.0. The van der Waals surface area contributed by atoms with Crippen molar-refractivity contribution in [2.24, 2.45) is 17.2 Å². The molecule has 1 rings (SSSR count). The molecule has 1 aromatic rings. The Morgan fingerprint density at radius 3 is 2.63 bits per heavy atom. The van der Waals surface area contributed by atoms with E-state index in [-0.39, 0.29) is 6.04 Å². The van der Waals surface area contributed by atoms with Crippen LogP contribution < -0.4 is 11.3 Å². The third-order valence-electron chi connectivity index (χ3n) is 3.31. The van der Waals surface area contributed by atoms with Crippen LogP contribution in [0.3, 0.4) is 0 Å². The molecule has 5 nitrogen and oxygen atoms in total. The fraction of sp³-hybridized carbons (Fsp3) is 0.857. The fourth-order valence-corrected chi connectivity index (χ4v) is 2.76. The molecule has 0 radical (unpaired) electrons. The van der Waals surface area contributed by atoms with Crippen LogP contribution in [0.2, 0.25) is 0 Å². The van der Waals surface area contributed by atoms with Crippen molar-refractivity contribution in [3.63, 3.8) is 0 Å². The molecule has 0 saturated carbocycles. The fourth-order valence-electron chi connectivity index (χ4n) is 2.76.